The molecule has 1 aromatic heterocycles. The molecule has 17 heavy (non-hydrogen) atoms. The van der Waals surface area contributed by atoms with Crippen molar-refractivity contribution in [1.82, 2.24) is 10.2 Å². The molecule has 2 unspecified atom stereocenters. The zero-order valence-electron chi connectivity index (χ0n) is 9.94. The molecule has 4 heteroatoms. The van der Waals surface area contributed by atoms with Crippen LogP contribution in [0.25, 0.3) is 10.9 Å². The molecular formula is C13H17N3O. The summed E-state index contributed by atoms with van der Waals surface area (Å²) in [6.45, 7) is 3.94. The van der Waals surface area contributed by atoms with Crippen molar-refractivity contribution < 1.29 is 4.74 Å². The lowest BCUT2D eigenvalue weighted by Gasteiger charge is -2.30. The Morgan fingerprint density at radius 2 is 2.41 bits per heavy atom. The van der Waals surface area contributed by atoms with Crippen molar-refractivity contribution in [2.75, 3.05) is 18.5 Å². The predicted octanol–water partition coefficient (Wildman–Crippen LogP) is 2.40. The second kappa shape index (κ2) is 4.37. The Labute approximate surface area is 100 Å². The van der Waals surface area contributed by atoms with Gasteiger partial charge in [0.15, 0.2) is 0 Å². The van der Waals surface area contributed by atoms with Gasteiger partial charge in [0.25, 0.3) is 0 Å². The summed E-state index contributed by atoms with van der Waals surface area (Å²) in [6.07, 6.45) is 2.93. The Morgan fingerprint density at radius 3 is 3.29 bits per heavy atom. The van der Waals surface area contributed by atoms with E-state index in [-0.39, 0.29) is 0 Å². The largest absolute Gasteiger partial charge is 0.382 e. The fourth-order valence-electron chi connectivity index (χ4n) is 2.34. The van der Waals surface area contributed by atoms with Gasteiger partial charge in [-0.2, -0.15) is 5.10 Å². The predicted molar refractivity (Wildman–Crippen MR) is 68.1 cm³/mol. The normalized spacial score (nSPS) is 25.0. The minimum atomic E-state index is 0.508. The Hall–Kier alpha value is -1.55. The maximum atomic E-state index is 5.45. The molecule has 2 heterocycles. The standard InChI is InChI=1S/C13H17N3O/c1-9-8-17-5-4-12(9)15-11-2-3-13-10(6-11)7-14-16-13/h2-3,6-7,9,12,15H,4-5,8H2,1H3,(H,14,16). The fraction of sp³-hybridized carbons (Fsp3) is 0.462. The maximum Gasteiger partial charge on any atom is 0.0651 e. The number of nitrogens with one attached hydrogen (secondary N) is 2. The fourth-order valence-corrected chi connectivity index (χ4v) is 2.34. The molecule has 0 bridgehead atoms. The Bertz CT molecular complexity index is 508. The Kier molecular flexibility index (Phi) is 2.73. The summed E-state index contributed by atoms with van der Waals surface area (Å²) < 4.78 is 5.45. The van der Waals surface area contributed by atoms with E-state index in [1.165, 1.54) is 0 Å². The van der Waals surface area contributed by atoms with E-state index in [0.717, 1.165) is 36.2 Å². The summed E-state index contributed by atoms with van der Waals surface area (Å²) in [4.78, 5) is 0. The zero-order valence-corrected chi connectivity index (χ0v) is 9.94. The highest BCUT2D eigenvalue weighted by Crippen LogP contribution is 2.22. The summed E-state index contributed by atoms with van der Waals surface area (Å²) in [6, 6.07) is 6.81. The van der Waals surface area contributed by atoms with Gasteiger partial charge in [-0.1, -0.05) is 6.92 Å². The first-order chi connectivity index (χ1) is 8.33. The molecule has 0 aliphatic carbocycles. The van der Waals surface area contributed by atoms with Crippen LogP contribution in [0.4, 0.5) is 5.69 Å². The summed E-state index contributed by atoms with van der Waals surface area (Å²) in [5.41, 5.74) is 2.24. The number of anilines is 1. The first kappa shape index (κ1) is 10.6. The first-order valence-corrected chi connectivity index (χ1v) is 6.10. The molecule has 4 nitrogen and oxygen atoms in total. The SMILES string of the molecule is CC1COCCC1Nc1ccc2[nH]ncc2c1. The highest BCUT2D eigenvalue weighted by atomic mass is 16.5. The lowest BCUT2D eigenvalue weighted by atomic mass is 9.97. The van der Waals surface area contributed by atoms with Crippen molar-refractivity contribution >= 4 is 16.6 Å². The molecule has 2 atom stereocenters. The van der Waals surface area contributed by atoms with Gasteiger partial charge in [0.1, 0.15) is 0 Å². The van der Waals surface area contributed by atoms with Crippen molar-refractivity contribution in [1.29, 1.82) is 0 Å². The van der Waals surface area contributed by atoms with Crippen molar-refractivity contribution in [3.8, 4) is 0 Å². The third kappa shape index (κ3) is 2.13. The van der Waals surface area contributed by atoms with Crippen molar-refractivity contribution in [2.45, 2.75) is 19.4 Å². The molecule has 0 saturated carbocycles. The lowest BCUT2D eigenvalue weighted by molar-refractivity contribution is 0.0538. The van der Waals surface area contributed by atoms with Gasteiger partial charge in [-0.3, -0.25) is 5.10 Å². The molecule has 2 N–H and O–H groups in total. The number of nitrogens with zero attached hydrogens (tertiary/aromatic N) is 1. The molecule has 1 aliphatic heterocycles. The van der Waals surface area contributed by atoms with E-state index in [9.17, 15) is 0 Å². The monoisotopic (exact) mass is 231 g/mol. The van der Waals surface area contributed by atoms with Crippen LogP contribution in [0.3, 0.4) is 0 Å². The van der Waals surface area contributed by atoms with Gasteiger partial charge in [0.05, 0.1) is 18.3 Å². The number of aromatic nitrogens is 2. The Balaban J connectivity index is 1.79. The van der Waals surface area contributed by atoms with Crippen LogP contribution in [0.5, 0.6) is 0 Å². The molecule has 0 spiro atoms. The molecule has 1 fully saturated rings. The van der Waals surface area contributed by atoms with Crippen molar-refractivity contribution in [3.63, 3.8) is 0 Å². The van der Waals surface area contributed by atoms with Gasteiger partial charge < -0.3 is 10.1 Å². The molecule has 1 aliphatic rings. The molecule has 90 valence electrons. The second-order valence-corrected chi connectivity index (χ2v) is 4.76. The topological polar surface area (TPSA) is 49.9 Å². The third-order valence-corrected chi connectivity index (χ3v) is 3.43. The average molecular weight is 231 g/mol. The van der Waals surface area contributed by atoms with Gasteiger partial charge in [0, 0.05) is 23.7 Å². The van der Waals surface area contributed by atoms with E-state index in [2.05, 4.69) is 40.6 Å². The quantitative estimate of drug-likeness (QED) is 0.834. The summed E-state index contributed by atoms with van der Waals surface area (Å²) in [5, 5.41) is 11.7. The summed E-state index contributed by atoms with van der Waals surface area (Å²) in [5.74, 6) is 0.559. The van der Waals surface area contributed by atoms with E-state index in [1.54, 1.807) is 0 Å². The van der Waals surface area contributed by atoms with E-state index in [4.69, 9.17) is 4.74 Å². The smallest absolute Gasteiger partial charge is 0.0651 e. The minimum absolute atomic E-state index is 0.508. The van der Waals surface area contributed by atoms with Gasteiger partial charge >= 0.3 is 0 Å². The number of fused-ring (bicyclic) bond motifs is 1. The maximum absolute atomic E-state index is 5.45. The number of rotatable bonds is 2. The molecule has 0 radical (unpaired) electrons. The number of hydrogen-bond acceptors (Lipinski definition) is 3. The molecule has 1 aromatic carbocycles. The number of benzene rings is 1. The van der Waals surface area contributed by atoms with Gasteiger partial charge in [-0.25, -0.2) is 0 Å². The highest BCUT2D eigenvalue weighted by Gasteiger charge is 2.21. The van der Waals surface area contributed by atoms with E-state index >= 15 is 0 Å². The van der Waals surface area contributed by atoms with Crippen LogP contribution in [0.2, 0.25) is 0 Å². The number of ether oxygens (including phenoxy) is 1. The van der Waals surface area contributed by atoms with Gasteiger partial charge in [-0.15, -0.1) is 0 Å². The second-order valence-electron chi connectivity index (χ2n) is 4.76. The molecule has 0 amide bonds. The van der Waals surface area contributed by atoms with Crippen LogP contribution in [-0.4, -0.2) is 29.5 Å². The minimum Gasteiger partial charge on any atom is -0.382 e. The van der Waals surface area contributed by atoms with E-state index in [0.29, 0.717) is 12.0 Å². The van der Waals surface area contributed by atoms with E-state index < -0.39 is 0 Å². The molecular weight excluding hydrogens is 214 g/mol. The van der Waals surface area contributed by atoms with Crippen LogP contribution in [-0.2, 0) is 4.74 Å². The van der Waals surface area contributed by atoms with Crippen LogP contribution < -0.4 is 5.32 Å². The molecule has 2 aromatic rings. The van der Waals surface area contributed by atoms with Gasteiger partial charge in [0.2, 0.25) is 0 Å². The zero-order chi connectivity index (χ0) is 11.7. The first-order valence-electron chi connectivity index (χ1n) is 6.10. The average Bonchev–Trinajstić information content (AvgIpc) is 2.79. The van der Waals surface area contributed by atoms with Crippen molar-refractivity contribution in [3.05, 3.63) is 24.4 Å². The van der Waals surface area contributed by atoms with Crippen molar-refractivity contribution in [2.24, 2.45) is 5.92 Å². The summed E-state index contributed by atoms with van der Waals surface area (Å²) >= 11 is 0. The number of H-pyrrole nitrogens is 1. The summed E-state index contributed by atoms with van der Waals surface area (Å²) in [7, 11) is 0. The number of hydrogen-bond donors (Lipinski definition) is 2. The van der Waals surface area contributed by atoms with Crippen LogP contribution >= 0.6 is 0 Å². The molecule has 1 saturated heterocycles. The third-order valence-electron chi connectivity index (χ3n) is 3.43. The highest BCUT2D eigenvalue weighted by molar-refractivity contribution is 5.81. The van der Waals surface area contributed by atoms with Gasteiger partial charge in [-0.05, 0) is 30.5 Å². The molecule has 3 rings (SSSR count). The van der Waals surface area contributed by atoms with Crippen LogP contribution in [0.15, 0.2) is 24.4 Å². The van der Waals surface area contributed by atoms with Crippen LogP contribution in [0, 0.1) is 5.92 Å². The van der Waals surface area contributed by atoms with E-state index in [1.807, 2.05) is 6.20 Å². The Morgan fingerprint density at radius 1 is 1.47 bits per heavy atom. The number of aromatic amines is 1. The van der Waals surface area contributed by atoms with Crippen LogP contribution in [0.1, 0.15) is 13.3 Å². The lowest BCUT2D eigenvalue weighted by Crippen LogP contribution is -2.35.